The highest BCUT2D eigenvalue weighted by atomic mass is 16.5. The van der Waals surface area contributed by atoms with Gasteiger partial charge in [-0.25, -0.2) is 14.3 Å². The number of methoxy groups -OCH3 is 1. The lowest BCUT2D eigenvalue weighted by Crippen LogP contribution is -2.30. The second-order valence-corrected chi connectivity index (χ2v) is 4.49. The molecular weight excluding hydrogens is 270 g/mol. The van der Waals surface area contributed by atoms with E-state index in [1.54, 1.807) is 13.1 Å². The molecule has 112 valence electrons. The van der Waals surface area contributed by atoms with E-state index in [4.69, 9.17) is 9.47 Å². The summed E-state index contributed by atoms with van der Waals surface area (Å²) in [6, 6.07) is 9.61. The summed E-state index contributed by atoms with van der Waals surface area (Å²) >= 11 is 0. The number of imidazole rings is 1. The number of aryl methyl sites for hydroxylation is 1. The molecule has 2 aromatic rings. The Morgan fingerprint density at radius 3 is 2.81 bits per heavy atom. The number of ether oxygens (including phenoxy) is 2. The Bertz CT molecular complexity index is 581. The zero-order valence-electron chi connectivity index (χ0n) is 12.2. The minimum atomic E-state index is -0.257. The Balaban J connectivity index is 1.72. The number of hydrogen-bond acceptors (Lipinski definition) is 4. The van der Waals surface area contributed by atoms with Crippen LogP contribution in [-0.2, 0) is 0 Å². The van der Waals surface area contributed by atoms with Crippen LogP contribution in [0.2, 0.25) is 0 Å². The first-order valence-electron chi connectivity index (χ1n) is 6.76. The molecule has 0 radical (unpaired) electrons. The van der Waals surface area contributed by atoms with Crippen molar-refractivity contribution >= 4 is 6.03 Å². The predicted octanol–water partition coefficient (Wildman–Crippen LogP) is 2.23. The molecule has 0 bridgehead atoms. The molecule has 2 rings (SSSR count). The van der Waals surface area contributed by atoms with Crippen molar-refractivity contribution in [2.24, 2.45) is 0 Å². The van der Waals surface area contributed by atoms with Crippen LogP contribution < -0.4 is 14.8 Å². The molecule has 21 heavy (non-hydrogen) atoms. The van der Waals surface area contributed by atoms with Crippen LogP contribution >= 0.6 is 0 Å². The number of amides is 1. The Kier molecular flexibility index (Phi) is 5.20. The van der Waals surface area contributed by atoms with Crippen LogP contribution in [0.25, 0.3) is 0 Å². The van der Waals surface area contributed by atoms with Crippen molar-refractivity contribution in [2.75, 3.05) is 20.3 Å². The summed E-state index contributed by atoms with van der Waals surface area (Å²) in [7, 11) is 1.49. The van der Waals surface area contributed by atoms with Crippen molar-refractivity contribution in [3.8, 4) is 11.8 Å². The highest BCUT2D eigenvalue weighted by molar-refractivity contribution is 5.78. The van der Waals surface area contributed by atoms with Crippen molar-refractivity contribution in [3.63, 3.8) is 0 Å². The van der Waals surface area contributed by atoms with Gasteiger partial charge in [0.05, 0.1) is 19.4 Å². The molecule has 1 aromatic carbocycles. The fourth-order valence-corrected chi connectivity index (χ4v) is 1.82. The van der Waals surface area contributed by atoms with E-state index in [-0.39, 0.29) is 12.0 Å². The smallest absolute Gasteiger partial charge is 0.329 e. The molecule has 0 aliphatic rings. The first-order chi connectivity index (χ1) is 10.2. The third-order valence-electron chi connectivity index (χ3n) is 2.80. The average Bonchev–Trinajstić information content (AvgIpc) is 2.89. The molecular formula is C15H19N3O3. The maximum Gasteiger partial charge on any atom is 0.329 e. The lowest BCUT2D eigenvalue weighted by molar-refractivity contribution is 0.236. The second kappa shape index (κ2) is 7.33. The van der Waals surface area contributed by atoms with Gasteiger partial charge in [0.1, 0.15) is 5.75 Å². The van der Waals surface area contributed by atoms with Gasteiger partial charge < -0.3 is 14.8 Å². The van der Waals surface area contributed by atoms with Crippen LogP contribution in [0.4, 0.5) is 4.79 Å². The molecule has 0 spiro atoms. The van der Waals surface area contributed by atoms with Gasteiger partial charge in [-0.15, -0.1) is 0 Å². The van der Waals surface area contributed by atoms with Gasteiger partial charge in [-0.05, 0) is 25.5 Å². The Labute approximate surface area is 123 Å². The summed E-state index contributed by atoms with van der Waals surface area (Å²) in [5.74, 6) is 0.829. The molecule has 0 aliphatic carbocycles. The lowest BCUT2D eigenvalue weighted by Gasteiger charge is -2.08. The van der Waals surface area contributed by atoms with Gasteiger partial charge in [0.25, 0.3) is 0 Å². The highest BCUT2D eigenvalue weighted by Gasteiger charge is 2.12. The molecule has 0 aliphatic heterocycles. The Morgan fingerprint density at radius 1 is 1.33 bits per heavy atom. The number of carbonyl (C=O) groups is 1. The normalized spacial score (nSPS) is 10.2. The summed E-state index contributed by atoms with van der Waals surface area (Å²) in [6.07, 6.45) is 2.35. The number of benzene rings is 1. The fraction of sp³-hybridized carbons (Fsp3) is 0.333. The summed E-state index contributed by atoms with van der Waals surface area (Å²) < 4.78 is 11.9. The van der Waals surface area contributed by atoms with Crippen LogP contribution in [0.3, 0.4) is 0 Å². The third kappa shape index (κ3) is 4.24. The van der Waals surface area contributed by atoms with Crippen LogP contribution in [0.5, 0.6) is 11.8 Å². The van der Waals surface area contributed by atoms with Crippen LogP contribution in [0.15, 0.2) is 36.5 Å². The quantitative estimate of drug-likeness (QED) is 0.828. The minimum absolute atomic E-state index is 0.257. The number of para-hydroxylation sites is 1. The van der Waals surface area contributed by atoms with Crippen molar-refractivity contribution in [2.45, 2.75) is 13.3 Å². The molecule has 0 fully saturated rings. The van der Waals surface area contributed by atoms with Gasteiger partial charge in [-0.3, -0.25) is 0 Å². The second-order valence-electron chi connectivity index (χ2n) is 4.49. The number of hydrogen-bond donors (Lipinski definition) is 1. The van der Waals surface area contributed by atoms with Crippen molar-refractivity contribution in [1.82, 2.24) is 14.9 Å². The molecule has 6 heteroatoms. The maximum absolute atomic E-state index is 12.0. The number of rotatable bonds is 6. The third-order valence-corrected chi connectivity index (χ3v) is 2.80. The van der Waals surface area contributed by atoms with E-state index in [9.17, 15) is 4.79 Å². The van der Waals surface area contributed by atoms with Crippen LogP contribution in [-0.4, -0.2) is 35.8 Å². The fourth-order valence-electron chi connectivity index (χ4n) is 1.82. The minimum Gasteiger partial charge on any atom is -0.494 e. The SMILES string of the molecule is COc1nc(C)cn1C(=O)NCCCOc1ccccc1. The summed E-state index contributed by atoms with van der Waals surface area (Å²) in [4.78, 5) is 16.1. The average molecular weight is 289 g/mol. The molecule has 1 N–H and O–H groups in total. The van der Waals surface area contributed by atoms with Gasteiger partial charge in [-0.2, -0.15) is 0 Å². The Morgan fingerprint density at radius 2 is 2.10 bits per heavy atom. The van der Waals surface area contributed by atoms with Gasteiger partial charge in [-0.1, -0.05) is 18.2 Å². The van der Waals surface area contributed by atoms with Gasteiger partial charge in [0, 0.05) is 12.7 Å². The molecule has 0 saturated heterocycles. The zero-order chi connectivity index (χ0) is 15.1. The number of carbonyl (C=O) groups excluding carboxylic acids is 1. The molecule has 6 nitrogen and oxygen atoms in total. The van der Waals surface area contributed by atoms with Crippen molar-refractivity contribution in [3.05, 3.63) is 42.2 Å². The molecule has 1 aromatic heterocycles. The number of aromatic nitrogens is 2. The molecule has 1 amide bonds. The summed E-state index contributed by atoms with van der Waals surface area (Å²) in [5.41, 5.74) is 0.731. The lowest BCUT2D eigenvalue weighted by atomic mass is 10.3. The maximum atomic E-state index is 12.0. The van der Waals surface area contributed by atoms with Crippen molar-refractivity contribution in [1.29, 1.82) is 0 Å². The van der Waals surface area contributed by atoms with E-state index in [1.165, 1.54) is 11.7 Å². The molecule has 0 unspecified atom stereocenters. The number of nitrogens with one attached hydrogen (secondary N) is 1. The summed E-state index contributed by atoms with van der Waals surface area (Å²) in [6.45, 7) is 2.87. The van der Waals surface area contributed by atoms with Gasteiger partial charge in [0.15, 0.2) is 0 Å². The van der Waals surface area contributed by atoms with E-state index in [2.05, 4.69) is 10.3 Å². The Hall–Kier alpha value is -2.50. The number of nitrogens with zero attached hydrogens (tertiary/aromatic N) is 2. The van der Waals surface area contributed by atoms with E-state index >= 15 is 0 Å². The van der Waals surface area contributed by atoms with E-state index in [0.717, 1.165) is 17.9 Å². The monoisotopic (exact) mass is 289 g/mol. The van der Waals surface area contributed by atoms with E-state index < -0.39 is 0 Å². The largest absolute Gasteiger partial charge is 0.494 e. The summed E-state index contributed by atoms with van der Waals surface area (Å²) in [5, 5.41) is 2.80. The van der Waals surface area contributed by atoms with E-state index in [1.807, 2.05) is 30.3 Å². The molecule has 0 atom stereocenters. The van der Waals surface area contributed by atoms with Gasteiger partial charge in [0.2, 0.25) is 0 Å². The first kappa shape index (κ1) is 14.9. The van der Waals surface area contributed by atoms with Crippen LogP contribution in [0, 0.1) is 6.92 Å². The van der Waals surface area contributed by atoms with Crippen molar-refractivity contribution < 1.29 is 14.3 Å². The standard InChI is InChI=1S/C15H19N3O3/c1-12-11-18(15(17-12)20-2)14(19)16-9-6-10-21-13-7-4-3-5-8-13/h3-5,7-8,11H,6,9-10H2,1-2H3,(H,16,19). The van der Waals surface area contributed by atoms with Gasteiger partial charge >= 0.3 is 12.0 Å². The van der Waals surface area contributed by atoms with Crippen LogP contribution in [0.1, 0.15) is 12.1 Å². The highest BCUT2D eigenvalue weighted by Crippen LogP contribution is 2.10. The topological polar surface area (TPSA) is 65.4 Å². The zero-order valence-corrected chi connectivity index (χ0v) is 12.2. The predicted molar refractivity (Wildman–Crippen MR) is 78.9 cm³/mol. The first-order valence-corrected chi connectivity index (χ1v) is 6.76. The van der Waals surface area contributed by atoms with E-state index in [0.29, 0.717) is 13.2 Å². The molecule has 1 heterocycles. The molecule has 0 saturated carbocycles.